The van der Waals surface area contributed by atoms with Crippen molar-refractivity contribution in [3.8, 4) is 0 Å². The van der Waals surface area contributed by atoms with Crippen LogP contribution in [0.5, 0.6) is 0 Å². The van der Waals surface area contributed by atoms with Crippen molar-refractivity contribution in [2.75, 3.05) is 11.9 Å². The molecule has 5 fully saturated rings. The molecule has 0 unspecified atom stereocenters. The number of nitrogens with zero attached hydrogens (tertiary/aromatic N) is 1. The Morgan fingerprint density at radius 3 is 2.11 bits per heavy atom. The zero-order valence-corrected chi connectivity index (χ0v) is 15.9. The van der Waals surface area contributed by atoms with Gasteiger partial charge >= 0.3 is 0 Å². The third-order valence-corrected chi connectivity index (χ3v) is 7.44. The number of amides is 2. The molecule has 1 aromatic carbocycles. The van der Waals surface area contributed by atoms with Crippen LogP contribution in [0.3, 0.4) is 0 Å². The molecule has 5 aliphatic rings. The van der Waals surface area contributed by atoms with E-state index in [1.165, 1.54) is 19.3 Å². The van der Waals surface area contributed by atoms with Crippen molar-refractivity contribution in [2.24, 2.45) is 23.2 Å². The Hall–Kier alpha value is -1.98. The summed E-state index contributed by atoms with van der Waals surface area (Å²) < 4.78 is 26.9. The standard InChI is InChI=1S/C22H26F2N2O2/c23-16-7-17(24)9-18(8-16)25-20(27)19-2-1-3-26(19)21(28)22-10-13-4-14(11-22)6-15(5-13)12-22/h7-9,13-15,19H,1-6,10-12H2,(H,25,27)/t13?,14?,15?,19-,22?/m1/s1. The monoisotopic (exact) mass is 388 g/mol. The maximum Gasteiger partial charge on any atom is 0.247 e. The minimum absolute atomic E-state index is 0.0941. The van der Waals surface area contributed by atoms with Gasteiger partial charge in [-0.05, 0) is 81.3 Å². The van der Waals surface area contributed by atoms with E-state index in [9.17, 15) is 18.4 Å². The first-order chi connectivity index (χ1) is 13.4. The molecule has 1 N–H and O–H groups in total. The molecule has 0 radical (unpaired) electrons. The lowest BCUT2D eigenvalue weighted by Crippen LogP contribution is -2.56. The van der Waals surface area contributed by atoms with Crippen LogP contribution in [-0.2, 0) is 9.59 Å². The number of benzene rings is 1. The maximum absolute atomic E-state index is 13.6. The fraction of sp³-hybridized carbons (Fsp3) is 0.636. The summed E-state index contributed by atoms with van der Waals surface area (Å²) in [6.45, 7) is 0.593. The van der Waals surface area contributed by atoms with E-state index in [1.54, 1.807) is 4.90 Å². The molecule has 4 saturated carbocycles. The Morgan fingerprint density at radius 2 is 1.54 bits per heavy atom. The number of likely N-dealkylation sites (tertiary alicyclic amines) is 1. The average Bonchev–Trinajstić information content (AvgIpc) is 3.08. The molecule has 150 valence electrons. The zero-order valence-electron chi connectivity index (χ0n) is 15.9. The summed E-state index contributed by atoms with van der Waals surface area (Å²) >= 11 is 0. The summed E-state index contributed by atoms with van der Waals surface area (Å²) in [7, 11) is 0. The second-order valence-electron chi connectivity index (χ2n) is 9.50. The third kappa shape index (κ3) is 3.01. The summed E-state index contributed by atoms with van der Waals surface area (Å²) in [5.74, 6) is 0.336. The van der Waals surface area contributed by atoms with E-state index in [0.717, 1.165) is 43.9 Å². The topological polar surface area (TPSA) is 49.4 Å². The van der Waals surface area contributed by atoms with Crippen LogP contribution in [0.15, 0.2) is 18.2 Å². The highest BCUT2D eigenvalue weighted by Crippen LogP contribution is 2.60. The summed E-state index contributed by atoms with van der Waals surface area (Å²) in [5, 5.41) is 2.61. The van der Waals surface area contributed by atoms with Crippen molar-refractivity contribution in [3.05, 3.63) is 29.8 Å². The van der Waals surface area contributed by atoms with E-state index >= 15 is 0 Å². The highest BCUT2D eigenvalue weighted by molar-refractivity contribution is 5.98. The quantitative estimate of drug-likeness (QED) is 0.847. The molecule has 1 aromatic rings. The van der Waals surface area contributed by atoms with Gasteiger partial charge in [0.15, 0.2) is 0 Å². The first-order valence-electron chi connectivity index (χ1n) is 10.5. The molecule has 4 nitrogen and oxygen atoms in total. The van der Waals surface area contributed by atoms with Crippen LogP contribution >= 0.6 is 0 Å². The van der Waals surface area contributed by atoms with E-state index in [0.29, 0.717) is 30.7 Å². The van der Waals surface area contributed by atoms with E-state index in [-0.39, 0.29) is 22.9 Å². The first kappa shape index (κ1) is 18.1. The van der Waals surface area contributed by atoms with Gasteiger partial charge in [0.2, 0.25) is 11.8 Å². The van der Waals surface area contributed by atoms with E-state index < -0.39 is 17.7 Å². The van der Waals surface area contributed by atoms with E-state index in [2.05, 4.69) is 5.32 Å². The second kappa shape index (κ2) is 6.53. The Labute approximate surface area is 163 Å². The highest BCUT2D eigenvalue weighted by Gasteiger charge is 2.56. The number of carbonyl (C=O) groups is 2. The predicted molar refractivity (Wildman–Crippen MR) is 100 cm³/mol. The molecule has 2 amide bonds. The van der Waals surface area contributed by atoms with Crippen LogP contribution in [0.4, 0.5) is 14.5 Å². The van der Waals surface area contributed by atoms with Crippen LogP contribution in [0.1, 0.15) is 51.4 Å². The third-order valence-electron chi connectivity index (χ3n) is 7.44. The predicted octanol–water partition coefficient (Wildman–Crippen LogP) is 4.11. The van der Waals surface area contributed by atoms with Gasteiger partial charge in [0.1, 0.15) is 17.7 Å². The Morgan fingerprint density at radius 1 is 0.964 bits per heavy atom. The van der Waals surface area contributed by atoms with Crippen LogP contribution in [0.25, 0.3) is 0 Å². The van der Waals surface area contributed by atoms with Gasteiger partial charge in [0.05, 0.1) is 5.41 Å². The highest BCUT2D eigenvalue weighted by atomic mass is 19.1. The van der Waals surface area contributed by atoms with Crippen molar-refractivity contribution in [1.82, 2.24) is 4.90 Å². The van der Waals surface area contributed by atoms with Crippen LogP contribution in [0.2, 0.25) is 0 Å². The minimum Gasteiger partial charge on any atom is -0.330 e. The largest absolute Gasteiger partial charge is 0.330 e. The fourth-order valence-electron chi connectivity index (χ4n) is 6.81. The van der Waals surface area contributed by atoms with Gasteiger partial charge in [-0.15, -0.1) is 0 Å². The van der Waals surface area contributed by atoms with Crippen LogP contribution < -0.4 is 5.32 Å². The molecule has 1 saturated heterocycles. The SMILES string of the molecule is O=C(Nc1cc(F)cc(F)c1)[C@H]1CCCN1C(=O)C12CC3CC(CC(C3)C1)C2. The summed E-state index contributed by atoms with van der Waals surface area (Å²) in [4.78, 5) is 28.2. The molecular formula is C22H26F2N2O2. The van der Waals surface area contributed by atoms with Crippen LogP contribution in [-0.4, -0.2) is 29.3 Å². The number of nitrogens with one attached hydrogen (secondary N) is 1. The molecule has 4 bridgehead atoms. The minimum atomic E-state index is -0.733. The number of anilines is 1. The van der Waals surface area contributed by atoms with Gasteiger partial charge in [0, 0.05) is 18.3 Å². The van der Waals surface area contributed by atoms with Crippen molar-refractivity contribution < 1.29 is 18.4 Å². The van der Waals surface area contributed by atoms with Gasteiger partial charge in [-0.3, -0.25) is 9.59 Å². The Kier molecular flexibility index (Phi) is 4.21. The fourth-order valence-corrected chi connectivity index (χ4v) is 6.81. The van der Waals surface area contributed by atoms with Gasteiger partial charge in [-0.25, -0.2) is 8.78 Å². The lowest BCUT2D eigenvalue weighted by Gasteiger charge is -2.56. The van der Waals surface area contributed by atoms with Gasteiger partial charge in [-0.2, -0.15) is 0 Å². The molecular weight excluding hydrogens is 362 g/mol. The van der Waals surface area contributed by atoms with Crippen molar-refractivity contribution in [3.63, 3.8) is 0 Å². The number of halogens is 2. The molecule has 1 atom stereocenters. The number of carbonyl (C=O) groups excluding carboxylic acids is 2. The lowest BCUT2D eigenvalue weighted by molar-refractivity contribution is -0.160. The van der Waals surface area contributed by atoms with Gasteiger partial charge < -0.3 is 10.2 Å². The second-order valence-corrected chi connectivity index (χ2v) is 9.50. The number of rotatable bonds is 3. The number of hydrogen-bond acceptors (Lipinski definition) is 2. The van der Waals surface area contributed by atoms with E-state index in [4.69, 9.17) is 0 Å². The lowest BCUT2D eigenvalue weighted by atomic mass is 9.49. The summed E-state index contributed by atoms with van der Waals surface area (Å²) in [5.41, 5.74) is -0.181. The normalized spacial score (nSPS) is 36.0. The van der Waals surface area contributed by atoms with Crippen molar-refractivity contribution >= 4 is 17.5 Å². The molecule has 1 aliphatic heterocycles. The van der Waals surface area contributed by atoms with E-state index in [1.807, 2.05) is 0 Å². The molecule has 28 heavy (non-hydrogen) atoms. The van der Waals surface area contributed by atoms with Crippen molar-refractivity contribution in [2.45, 2.75) is 57.4 Å². The molecule has 0 spiro atoms. The molecule has 6 heteroatoms. The zero-order chi connectivity index (χ0) is 19.5. The van der Waals surface area contributed by atoms with Gasteiger partial charge in [-0.1, -0.05) is 0 Å². The summed E-state index contributed by atoms with van der Waals surface area (Å²) in [6, 6.07) is 2.42. The Balaban J connectivity index is 1.34. The molecule has 6 rings (SSSR count). The molecule has 0 aromatic heterocycles. The number of hydrogen-bond donors (Lipinski definition) is 1. The average molecular weight is 388 g/mol. The summed E-state index contributed by atoms with van der Waals surface area (Å²) in [6.07, 6.45) is 8.09. The smallest absolute Gasteiger partial charge is 0.247 e. The first-order valence-corrected chi connectivity index (χ1v) is 10.5. The van der Waals surface area contributed by atoms with Crippen molar-refractivity contribution in [1.29, 1.82) is 0 Å². The molecule has 1 heterocycles. The van der Waals surface area contributed by atoms with Gasteiger partial charge in [0.25, 0.3) is 0 Å². The molecule has 4 aliphatic carbocycles. The maximum atomic E-state index is 13.6. The van der Waals surface area contributed by atoms with Crippen LogP contribution in [0, 0.1) is 34.8 Å². The Bertz CT molecular complexity index is 769.